The van der Waals surface area contributed by atoms with Gasteiger partial charge in [-0.2, -0.15) is 0 Å². The first-order chi connectivity index (χ1) is 13.5. The lowest BCUT2D eigenvalue weighted by atomic mass is 10.1. The molecular weight excluding hydrogens is 370 g/mol. The lowest BCUT2D eigenvalue weighted by Gasteiger charge is -2.16. The van der Waals surface area contributed by atoms with E-state index >= 15 is 0 Å². The third kappa shape index (κ3) is 3.52. The number of rotatable bonds is 4. The van der Waals surface area contributed by atoms with E-state index in [4.69, 9.17) is 4.99 Å². The third-order valence-corrected chi connectivity index (χ3v) is 6.42. The number of benzene rings is 2. The van der Waals surface area contributed by atoms with E-state index in [1.54, 1.807) is 23.5 Å². The van der Waals surface area contributed by atoms with Gasteiger partial charge in [0.05, 0.1) is 16.3 Å². The molecule has 1 fully saturated rings. The van der Waals surface area contributed by atoms with Gasteiger partial charge in [0, 0.05) is 29.1 Å². The van der Waals surface area contributed by atoms with E-state index in [2.05, 4.69) is 29.9 Å². The van der Waals surface area contributed by atoms with Crippen LogP contribution >= 0.6 is 11.3 Å². The Labute approximate surface area is 168 Å². The number of hydrogen-bond acceptors (Lipinski definition) is 4. The van der Waals surface area contributed by atoms with Crippen LogP contribution in [0.3, 0.4) is 0 Å². The second kappa shape index (κ2) is 7.72. The van der Waals surface area contributed by atoms with E-state index in [0.717, 1.165) is 34.6 Å². The predicted molar refractivity (Wildman–Crippen MR) is 113 cm³/mol. The van der Waals surface area contributed by atoms with Crippen LogP contribution in [0.15, 0.2) is 52.8 Å². The van der Waals surface area contributed by atoms with Crippen molar-refractivity contribution in [1.29, 1.82) is 0 Å². The Kier molecular flexibility index (Phi) is 5.13. The third-order valence-electron chi connectivity index (χ3n) is 5.58. The van der Waals surface area contributed by atoms with E-state index < -0.39 is 0 Å². The lowest BCUT2D eigenvalue weighted by Crippen LogP contribution is -2.20. The average Bonchev–Trinajstić information content (AvgIpc) is 3.35. The molecule has 1 aromatic heterocycles. The molecule has 0 atom stereocenters. The molecule has 0 aliphatic heterocycles. The van der Waals surface area contributed by atoms with Crippen molar-refractivity contribution in [3.8, 4) is 11.3 Å². The van der Waals surface area contributed by atoms with E-state index in [0.29, 0.717) is 6.04 Å². The summed E-state index contributed by atoms with van der Waals surface area (Å²) in [6, 6.07) is 13.5. The van der Waals surface area contributed by atoms with Gasteiger partial charge in [0.25, 0.3) is 5.69 Å². The van der Waals surface area contributed by atoms with Gasteiger partial charge in [-0.05, 0) is 43.9 Å². The Balaban J connectivity index is 1.89. The zero-order valence-electron chi connectivity index (χ0n) is 16.1. The van der Waals surface area contributed by atoms with Crippen LogP contribution in [-0.4, -0.2) is 9.49 Å². The lowest BCUT2D eigenvalue weighted by molar-refractivity contribution is -0.384. The molecule has 0 N–H and O–H groups in total. The number of aromatic nitrogens is 1. The first-order valence-corrected chi connectivity index (χ1v) is 10.5. The molecule has 0 saturated heterocycles. The molecule has 0 radical (unpaired) electrons. The number of thiazole rings is 1. The van der Waals surface area contributed by atoms with Gasteiger partial charge in [-0.25, -0.2) is 4.99 Å². The van der Waals surface area contributed by atoms with Gasteiger partial charge < -0.3 is 4.57 Å². The zero-order valence-corrected chi connectivity index (χ0v) is 16.9. The molecule has 6 heteroatoms. The van der Waals surface area contributed by atoms with Crippen molar-refractivity contribution in [1.82, 2.24) is 4.57 Å². The molecule has 4 rings (SSSR count). The number of hydrogen-bond donors (Lipinski definition) is 0. The Hall–Kier alpha value is -2.73. The fraction of sp³-hybridized carbons (Fsp3) is 0.318. The van der Waals surface area contributed by atoms with Crippen molar-refractivity contribution in [3.63, 3.8) is 0 Å². The molecule has 1 aliphatic carbocycles. The standard InChI is InChI=1S/C22H23N3O2S/c1-15-7-5-12-20(16(15)2)23-22-24(18-9-3-4-10-18)21(14-28-22)17-8-6-11-19(13-17)25(26)27/h5-8,11-14,18H,3-4,9-10H2,1-2H3. The Morgan fingerprint density at radius 2 is 1.89 bits per heavy atom. The Morgan fingerprint density at radius 1 is 1.14 bits per heavy atom. The molecule has 0 unspecified atom stereocenters. The summed E-state index contributed by atoms with van der Waals surface area (Å²) >= 11 is 1.61. The van der Waals surface area contributed by atoms with Crippen LogP contribution in [0.4, 0.5) is 11.4 Å². The summed E-state index contributed by atoms with van der Waals surface area (Å²) in [6.07, 6.45) is 4.67. The molecule has 144 valence electrons. The molecule has 1 heterocycles. The minimum absolute atomic E-state index is 0.120. The first kappa shape index (κ1) is 18.6. The van der Waals surface area contributed by atoms with E-state index in [1.807, 2.05) is 18.2 Å². The number of nitro groups is 1. The summed E-state index contributed by atoms with van der Waals surface area (Å²) in [5.74, 6) is 0. The molecule has 2 aromatic carbocycles. The number of non-ortho nitro benzene ring substituents is 1. The quantitative estimate of drug-likeness (QED) is 0.398. The normalized spacial score (nSPS) is 15.3. The second-order valence-electron chi connectivity index (χ2n) is 7.35. The highest BCUT2D eigenvalue weighted by Crippen LogP contribution is 2.34. The van der Waals surface area contributed by atoms with Gasteiger partial charge in [0.15, 0.2) is 4.80 Å². The fourth-order valence-corrected chi connectivity index (χ4v) is 4.85. The predicted octanol–water partition coefficient (Wildman–Crippen LogP) is 6.09. The van der Waals surface area contributed by atoms with Gasteiger partial charge >= 0.3 is 0 Å². The van der Waals surface area contributed by atoms with Gasteiger partial charge in [0.1, 0.15) is 0 Å². The van der Waals surface area contributed by atoms with Gasteiger partial charge in [-0.1, -0.05) is 37.1 Å². The van der Waals surface area contributed by atoms with Crippen LogP contribution in [0.25, 0.3) is 11.3 Å². The van der Waals surface area contributed by atoms with Crippen LogP contribution < -0.4 is 4.80 Å². The van der Waals surface area contributed by atoms with Crippen molar-refractivity contribution in [2.45, 2.75) is 45.6 Å². The van der Waals surface area contributed by atoms with E-state index in [1.165, 1.54) is 30.0 Å². The maximum absolute atomic E-state index is 11.2. The average molecular weight is 394 g/mol. The van der Waals surface area contributed by atoms with Crippen LogP contribution in [0, 0.1) is 24.0 Å². The maximum atomic E-state index is 11.2. The van der Waals surface area contributed by atoms with Crippen molar-refractivity contribution < 1.29 is 4.92 Å². The molecule has 5 nitrogen and oxygen atoms in total. The minimum atomic E-state index is -0.336. The van der Waals surface area contributed by atoms with E-state index in [9.17, 15) is 10.1 Å². The number of nitro benzene ring substituents is 1. The first-order valence-electron chi connectivity index (χ1n) is 9.60. The van der Waals surface area contributed by atoms with E-state index in [-0.39, 0.29) is 10.6 Å². The molecule has 0 bridgehead atoms. The van der Waals surface area contributed by atoms with Crippen LogP contribution in [0.2, 0.25) is 0 Å². The Morgan fingerprint density at radius 3 is 2.64 bits per heavy atom. The van der Waals surface area contributed by atoms with Crippen molar-refractivity contribution in [3.05, 3.63) is 73.9 Å². The summed E-state index contributed by atoms with van der Waals surface area (Å²) in [7, 11) is 0. The van der Waals surface area contributed by atoms with Crippen LogP contribution in [0.1, 0.15) is 42.9 Å². The summed E-state index contributed by atoms with van der Waals surface area (Å²) in [6.45, 7) is 4.20. The molecular formula is C22H23N3O2S. The molecule has 0 spiro atoms. The Bertz CT molecular complexity index is 1090. The number of aryl methyl sites for hydroxylation is 1. The van der Waals surface area contributed by atoms with Crippen molar-refractivity contribution in [2.75, 3.05) is 0 Å². The molecule has 1 aliphatic rings. The molecule has 3 aromatic rings. The SMILES string of the molecule is Cc1cccc(N=c2scc(-c3cccc([N+](=O)[O-])c3)n2C2CCCC2)c1C. The summed E-state index contributed by atoms with van der Waals surface area (Å²) < 4.78 is 2.30. The maximum Gasteiger partial charge on any atom is 0.270 e. The highest BCUT2D eigenvalue weighted by Gasteiger charge is 2.22. The molecule has 0 amide bonds. The van der Waals surface area contributed by atoms with Gasteiger partial charge in [-0.15, -0.1) is 11.3 Å². The fourth-order valence-electron chi connectivity index (χ4n) is 3.87. The monoisotopic (exact) mass is 393 g/mol. The summed E-state index contributed by atoms with van der Waals surface area (Å²) in [5.41, 5.74) is 5.41. The van der Waals surface area contributed by atoms with Crippen LogP contribution in [-0.2, 0) is 0 Å². The highest BCUT2D eigenvalue weighted by atomic mass is 32.1. The van der Waals surface area contributed by atoms with Crippen LogP contribution in [0.5, 0.6) is 0 Å². The van der Waals surface area contributed by atoms with Crippen molar-refractivity contribution >= 4 is 22.7 Å². The highest BCUT2D eigenvalue weighted by molar-refractivity contribution is 7.07. The molecule has 1 saturated carbocycles. The second-order valence-corrected chi connectivity index (χ2v) is 8.19. The minimum Gasteiger partial charge on any atom is -0.313 e. The smallest absolute Gasteiger partial charge is 0.270 e. The van der Waals surface area contributed by atoms with Crippen molar-refractivity contribution in [2.24, 2.45) is 4.99 Å². The molecule has 28 heavy (non-hydrogen) atoms. The topological polar surface area (TPSA) is 60.4 Å². The largest absolute Gasteiger partial charge is 0.313 e. The summed E-state index contributed by atoms with van der Waals surface area (Å²) in [4.78, 5) is 16.8. The van der Waals surface area contributed by atoms with Gasteiger partial charge in [0.2, 0.25) is 0 Å². The zero-order chi connectivity index (χ0) is 19.7. The number of nitrogens with zero attached hydrogens (tertiary/aromatic N) is 3. The summed E-state index contributed by atoms with van der Waals surface area (Å²) in [5, 5.41) is 13.3. The van der Waals surface area contributed by atoms with Gasteiger partial charge in [-0.3, -0.25) is 10.1 Å².